The first-order valence-corrected chi connectivity index (χ1v) is 6.24. The number of hydrogen-bond donors (Lipinski definition) is 0. The summed E-state index contributed by atoms with van der Waals surface area (Å²) in [6, 6.07) is 5.40. The third-order valence-corrected chi connectivity index (χ3v) is 2.96. The highest BCUT2D eigenvalue weighted by molar-refractivity contribution is 6.38. The second-order valence-corrected chi connectivity index (χ2v) is 4.70. The summed E-state index contributed by atoms with van der Waals surface area (Å²) in [5, 5.41) is 0.994. The number of carbonyl (C=O) groups is 1. The van der Waals surface area contributed by atoms with Crippen LogP contribution in [0.5, 0.6) is 5.75 Å². The average Bonchev–Trinajstić information content (AvgIpc) is 2.38. The van der Waals surface area contributed by atoms with E-state index in [9.17, 15) is 4.79 Å². The molecule has 0 aliphatic rings. The molecule has 0 unspecified atom stereocenters. The monoisotopic (exact) mass is 279 g/mol. The van der Waals surface area contributed by atoms with Gasteiger partial charge in [0, 0.05) is 11.6 Å². The van der Waals surface area contributed by atoms with E-state index < -0.39 is 5.97 Å². The predicted octanol–water partition coefficient (Wildman–Crippen LogP) is 3.46. The molecular formula is C14H14ClNO3. The molecule has 4 nitrogen and oxygen atoms in total. The Balaban J connectivity index is 2.55. The number of benzene rings is 1. The van der Waals surface area contributed by atoms with Crippen molar-refractivity contribution in [2.45, 2.75) is 20.0 Å². The lowest BCUT2D eigenvalue weighted by atomic mass is 10.1. The zero-order valence-corrected chi connectivity index (χ0v) is 11.7. The largest absolute Gasteiger partial charge is 0.491 e. The fourth-order valence-corrected chi connectivity index (χ4v) is 2.01. The highest BCUT2D eigenvalue weighted by Crippen LogP contribution is 2.29. The van der Waals surface area contributed by atoms with Crippen molar-refractivity contribution in [2.75, 3.05) is 7.11 Å². The second kappa shape index (κ2) is 5.45. The van der Waals surface area contributed by atoms with Crippen LogP contribution in [-0.2, 0) is 4.74 Å². The van der Waals surface area contributed by atoms with Gasteiger partial charge in [0.25, 0.3) is 0 Å². The van der Waals surface area contributed by atoms with Crippen molar-refractivity contribution in [1.29, 1.82) is 0 Å². The van der Waals surface area contributed by atoms with E-state index in [-0.39, 0.29) is 11.7 Å². The molecule has 1 heterocycles. The van der Waals surface area contributed by atoms with Gasteiger partial charge in [0.15, 0.2) is 0 Å². The SMILES string of the molecule is COC(=O)c1cnc2ccc(OC(C)C)cc2c1Cl. The van der Waals surface area contributed by atoms with Gasteiger partial charge >= 0.3 is 5.97 Å². The quantitative estimate of drug-likeness (QED) is 0.807. The first kappa shape index (κ1) is 13.6. The molecule has 1 aromatic carbocycles. The number of pyridine rings is 1. The molecule has 0 atom stereocenters. The topological polar surface area (TPSA) is 48.4 Å². The number of halogens is 1. The van der Waals surface area contributed by atoms with Gasteiger partial charge in [-0.25, -0.2) is 4.79 Å². The van der Waals surface area contributed by atoms with Gasteiger partial charge in [-0.2, -0.15) is 0 Å². The summed E-state index contributed by atoms with van der Waals surface area (Å²) in [7, 11) is 1.31. The summed E-state index contributed by atoms with van der Waals surface area (Å²) >= 11 is 6.23. The number of rotatable bonds is 3. The Labute approximate surface area is 116 Å². The van der Waals surface area contributed by atoms with Crippen LogP contribution in [0.2, 0.25) is 5.02 Å². The molecule has 2 rings (SSSR count). The Morgan fingerprint density at radius 1 is 1.37 bits per heavy atom. The van der Waals surface area contributed by atoms with Crippen molar-refractivity contribution < 1.29 is 14.3 Å². The molecule has 2 aromatic rings. The molecule has 0 bridgehead atoms. The van der Waals surface area contributed by atoms with Crippen molar-refractivity contribution in [1.82, 2.24) is 4.98 Å². The van der Waals surface area contributed by atoms with Gasteiger partial charge < -0.3 is 9.47 Å². The van der Waals surface area contributed by atoms with Gasteiger partial charge in [-0.1, -0.05) is 11.6 Å². The predicted molar refractivity (Wildman–Crippen MR) is 73.9 cm³/mol. The van der Waals surface area contributed by atoms with E-state index in [1.807, 2.05) is 19.9 Å². The van der Waals surface area contributed by atoms with E-state index in [4.69, 9.17) is 16.3 Å². The van der Waals surface area contributed by atoms with Crippen molar-refractivity contribution in [2.24, 2.45) is 0 Å². The summed E-state index contributed by atoms with van der Waals surface area (Å²) in [6.07, 6.45) is 1.48. The molecule has 100 valence electrons. The summed E-state index contributed by atoms with van der Waals surface area (Å²) in [5.74, 6) is 0.183. The normalized spacial score (nSPS) is 10.8. The van der Waals surface area contributed by atoms with Gasteiger partial charge in [-0.3, -0.25) is 4.98 Å². The minimum absolute atomic E-state index is 0.0629. The van der Waals surface area contributed by atoms with E-state index in [0.717, 1.165) is 0 Å². The fraction of sp³-hybridized carbons (Fsp3) is 0.286. The number of carbonyl (C=O) groups excluding carboxylic acids is 1. The minimum atomic E-state index is -0.505. The molecule has 0 saturated heterocycles. The molecule has 0 aliphatic carbocycles. The Morgan fingerprint density at radius 2 is 2.11 bits per heavy atom. The Hall–Kier alpha value is -1.81. The number of fused-ring (bicyclic) bond motifs is 1. The minimum Gasteiger partial charge on any atom is -0.491 e. The number of ether oxygens (including phenoxy) is 2. The van der Waals surface area contributed by atoms with E-state index in [1.165, 1.54) is 13.3 Å². The highest BCUT2D eigenvalue weighted by Gasteiger charge is 2.15. The maximum absolute atomic E-state index is 11.6. The highest BCUT2D eigenvalue weighted by atomic mass is 35.5. The Morgan fingerprint density at radius 3 is 2.74 bits per heavy atom. The number of aromatic nitrogens is 1. The maximum atomic E-state index is 11.6. The number of nitrogens with zero attached hydrogens (tertiary/aromatic N) is 1. The van der Waals surface area contributed by atoms with E-state index >= 15 is 0 Å². The second-order valence-electron chi connectivity index (χ2n) is 4.32. The molecule has 19 heavy (non-hydrogen) atoms. The Bertz CT molecular complexity index is 625. The molecule has 0 fully saturated rings. The number of esters is 1. The zero-order chi connectivity index (χ0) is 14.0. The van der Waals surface area contributed by atoms with Gasteiger partial charge in [0.2, 0.25) is 0 Å². The van der Waals surface area contributed by atoms with Crippen molar-refractivity contribution in [3.8, 4) is 5.75 Å². The average molecular weight is 280 g/mol. The molecule has 0 radical (unpaired) electrons. The molecule has 0 N–H and O–H groups in total. The third-order valence-electron chi connectivity index (χ3n) is 2.55. The summed E-state index contributed by atoms with van der Waals surface area (Å²) < 4.78 is 10.3. The number of methoxy groups -OCH3 is 1. The van der Waals surface area contributed by atoms with Gasteiger partial charge in [0.05, 0.1) is 29.3 Å². The fourth-order valence-electron chi connectivity index (χ4n) is 1.74. The van der Waals surface area contributed by atoms with Crippen LogP contribution in [0.1, 0.15) is 24.2 Å². The molecular weight excluding hydrogens is 266 g/mol. The molecule has 0 amide bonds. The van der Waals surface area contributed by atoms with Crippen molar-refractivity contribution in [3.63, 3.8) is 0 Å². The van der Waals surface area contributed by atoms with Crippen LogP contribution in [0.3, 0.4) is 0 Å². The lowest BCUT2D eigenvalue weighted by Crippen LogP contribution is -2.06. The zero-order valence-electron chi connectivity index (χ0n) is 10.9. The van der Waals surface area contributed by atoms with Crippen LogP contribution in [0.4, 0.5) is 0 Å². The van der Waals surface area contributed by atoms with Crippen LogP contribution in [-0.4, -0.2) is 24.2 Å². The van der Waals surface area contributed by atoms with E-state index in [0.29, 0.717) is 21.7 Å². The van der Waals surface area contributed by atoms with E-state index in [1.54, 1.807) is 12.1 Å². The Kier molecular flexibility index (Phi) is 3.90. The van der Waals surface area contributed by atoms with Gasteiger partial charge in [-0.05, 0) is 32.0 Å². The van der Waals surface area contributed by atoms with Crippen LogP contribution in [0, 0.1) is 0 Å². The van der Waals surface area contributed by atoms with Crippen LogP contribution >= 0.6 is 11.6 Å². The summed E-state index contributed by atoms with van der Waals surface area (Å²) in [4.78, 5) is 15.8. The summed E-state index contributed by atoms with van der Waals surface area (Å²) in [5.41, 5.74) is 0.951. The third kappa shape index (κ3) is 2.79. The van der Waals surface area contributed by atoms with Crippen LogP contribution in [0.25, 0.3) is 10.9 Å². The molecule has 5 heteroatoms. The van der Waals surface area contributed by atoms with E-state index in [2.05, 4.69) is 9.72 Å². The van der Waals surface area contributed by atoms with Crippen LogP contribution < -0.4 is 4.74 Å². The van der Waals surface area contributed by atoms with Gasteiger partial charge in [-0.15, -0.1) is 0 Å². The van der Waals surface area contributed by atoms with Crippen LogP contribution in [0.15, 0.2) is 24.4 Å². The number of hydrogen-bond acceptors (Lipinski definition) is 4. The molecule has 1 aromatic heterocycles. The van der Waals surface area contributed by atoms with Crippen molar-refractivity contribution in [3.05, 3.63) is 35.0 Å². The first-order valence-electron chi connectivity index (χ1n) is 5.86. The standard InChI is InChI=1S/C14H14ClNO3/c1-8(2)19-9-4-5-12-10(6-9)13(15)11(7-16-12)14(17)18-3/h4-8H,1-3H3. The van der Waals surface area contributed by atoms with Gasteiger partial charge in [0.1, 0.15) is 5.75 Å². The molecule has 0 saturated carbocycles. The smallest absolute Gasteiger partial charge is 0.340 e. The summed E-state index contributed by atoms with van der Waals surface area (Å²) in [6.45, 7) is 3.88. The molecule has 0 spiro atoms. The lowest BCUT2D eigenvalue weighted by molar-refractivity contribution is 0.0600. The maximum Gasteiger partial charge on any atom is 0.340 e. The lowest BCUT2D eigenvalue weighted by Gasteiger charge is -2.11. The first-order chi connectivity index (χ1) is 9.02. The molecule has 0 aliphatic heterocycles. The van der Waals surface area contributed by atoms with Crippen molar-refractivity contribution >= 4 is 28.5 Å².